The van der Waals surface area contributed by atoms with Crippen LogP contribution in [0.2, 0.25) is 5.02 Å². The number of H-pyrrole nitrogens is 1. The van der Waals surface area contributed by atoms with Gasteiger partial charge in [-0.05, 0) is 42.3 Å². The Morgan fingerprint density at radius 1 is 1.07 bits per heavy atom. The summed E-state index contributed by atoms with van der Waals surface area (Å²) in [6, 6.07) is 13.6. The Labute approximate surface area is 235 Å². The maximum atomic E-state index is 14.1. The number of alkyl halides is 3. The number of nitrogens with zero attached hydrogens (tertiary/aromatic N) is 2. The van der Waals surface area contributed by atoms with E-state index in [4.69, 9.17) is 11.6 Å². The lowest BCUT2D eigenvalue weighted by Crippen LogP contribution is -2.55. The Bertz CT molecular complexity index is 1470. The molecular weight excluding hydrogens is 543 g/mol. The van der Waals surface area contributed by atoms with E-state index in [2.05, 4.69) is 16.9 Å². The summed E-state index contributed by atoms with van der Waals surface area (Å²) in [4.78, 5) is 15.4. The zero-order valence-electron chi connectivity index (χ0n) is 22.5. The molecule has 1 saturated carbocycles. The summed E-state index contributed by atoms with van der Waals surface area (Å²) in [5.41, 5.74) is -0.357. The zero-order valence-corrected chi connectivity index (χ0v) is 23.3. The van der Waals surface area contributed by atoms with E-state index >= 15 is 0 Å². The molecule has 3 aromatic rings. The van der Waals surface area contributed by atoms with Crippen molar-refractivity contribution in [1.29, 1.82) is 0 Å². The second-order valence-corrected chi connectivity index (χ2v) is 11.6. The van der Waals surface area contributed by atoms with Crippen LogP contribution in [0.15, 0.2) is 65.1 Å². The van der Waals surface area contributed by atoms with Crippen LogP contribution >= 0.6 is 11.6 Å². The van der Waals surface area contributed by atoms with Crippen molar-refractivity contribution >= 4 is 17.3 Å². The van der Waals surface area contributed by atoms with Crippen molar-refractivity contribution in [1.82, 2.24) is 9.78 Å². The van der Waals surface area contributed by atoms with Gasteiger partial charge < -0.3 is 15.1 Å². The number of halogens is 4. The second-order valence-electron chi connectivity index (χ2n) is 11.2. The highest BCUT2D eigenvalue weighted by Gasteiger charge is 2.55. The van der Waals surface area contributed by atoms with E-state index in [9.17, 15) is 28.2 Å². The topological polar surface area (TPSA) is 81.5 Å². The molecule has 3 N–H and O–H groups in total. The van der Waals surface area contributed by atoms with Crippen LogP contribution in [-0.4, -0.2) is 38.7 Å². The molecule has 0 bridgehead atoms. The summed E-state index contributed by atoms with van der Waals surface area (Å²) in [6.45, 7) is 6.86. The van der Waals surface area contributed by atoms with Crippen LogP contribution in [0.25, 0.3) is 5.69 Å². The molecule has 0 amide bonds. The van der Waals surface area contributed by atoms with Crippen molar-refractivity contribution < 1.29 is 23.4 Å². The summed E-state index contributed by atoms with van der Waals surface area (Å²) < 4.78 is 43.0. The van der Waals surface area contributed by atoms with E-state index in [1.165, 1.54) is 12.1 Å². The molecule has 2 unspecified atom stereocenters. The summed E-state index contributed by atoms with van der Waals surface area (Å²) in [5.74, 6) is -2.26. The molecule has 10 heteroatoms. The van der Waals surface area contributed by atoms with Gasteiger partial charge in [0, 0.05) is 40.2 Å². The minimum Gasteiger partial charge on any atom is -0.392 e. The van der Waals surface area contributed by atoms with Gasteiger partial charge in [-0.2, -0.15) is 13.2 Å². The zero-order chi connectivity index (χ0) is 29.0. The molecule has 1 fully saturated rings. The summed E-state index contributed by atoms with van der Waals surface area (Å²) in [7, 11) is 0. The number of aromatic amines is 1. The molecule has 0 radical (unpaired) electrons. The van der Waals surface area contributed by atoms with Crippen molar-refractivity contribution in [2.24, 2.45) is 5.92 Å². The summed E-state index contributed by atoms with van der Waals surface area (Å²) in [6.07, 6.45) is -2.94. The largest absolute Gasteiger partial charge is 0.433 e. The second kappa shape index (κ2) is 10.4. The molecule has 2 aliphatic rings. The molecule has 214 valence electrons. The predicted molar refractivity (Wildman–Crippen MR) is 149 cm³/mol. The summed E-state index contributed by atoms with van der Waals surface area (Å²) in [5, 5.41) is 25.2. The van der Waals surface area contributed by atoms with Gasteiger partial charge in [0.15, 0.2) is 0 Å². The number of nitrogens with one attached hydrogen (secondary N) is 1. The lowest BCUT2D eigenvalue weighted by molar-refractivity contribution is -0.145. The van der Waals surface area contributed by atoms with Gasteiger partial charge in [-0.3, -0.25) is 9.89 Å². The Morgan fingerprint density at radius 3 is 2.38 bits per heavy atom. The van der Waals surface area contributed by atoms with Gasteiger partial charge in [-0.15, -0.1) is 0 Å². The molecular formula is C30H33ClF3N3O3. The lowest BCUT2D eigenvalue weighted by atomic mass is 9.64. The predicted octanol–water partition coefficient (Wildman–Crippen LogP) is 6.14. The minimum atomic E-state index is -4.89. The van der Waals surface area contributed by atoms with E-state index in [0.717, 1.165) is 40.9 Å². The van der Waals surface area contributed by atoms with E-state index < -0.39 is 52.5 Å². The van der Waals surface area contributed by atoms with Gasteiger partial charge in [0.1, 0.15) is 5.69 Å². The number of para-hydroxylation sites is 1. The fraction of sp³-hybridized carbons (Fsp3) is 0.433. The third-order valence-corrected chi connectivity index (χ3v) is 8.51. The smallest absolute Gasteiger partial charge is 0.392 e. The molecule has 1 aliphatic carbocycles. The number of unbranched alkanes of at least 4 members (excludes halogenated alkanes) is 2. The normalized spacial score (nSPS) is 24.8. The van der Waals surface area contributed by atoms with Crippen molar-refractivity contribution in [2.75, 3.05) is 11.4 Å². The van der Waals surface area contributed by atoms with Crippen LogP contribution in [0.5, 0.6) is 0 Å². The molecule has 2 atom stereocenters. The SMILES string of the molecule is CCCCCN1C(=CC2C(O)C(c3c(C(F)(F)F)[nH]n(-c4ccccc4)c3=O)C2O)C(C)(C)c2cc(Cl)ccc21. The highest BCUT2D eigenvalue weighted by Crippen LogP contribution is 2.52. The number of benzene rings is 2. The molecule has 1 aliphatic heterocycles. The Morgan fingerprint density at radius 2 is 1.75 bits per heavy atom. The van der Waals surface area contributed by atoms with Crippen LogP contribution in [0.4, 0.5) is 18.9 Å². The van der Waals surface area contributed by atoms with E-state index in [-0.39, 0.29) is 5.69 Å². The summed E-state index contributed by atoms with van der Waals surface area (Å²) >= 11 is 6.32. The number of hydrogen-bond donors (Lipinski definition) is 3. The number of aromatic nitrogens is 2. The highest BCUT2D eigenvalue weighted by atomic mass is 35.5. The molecule has 0 saturated heterocycles. The number of allylic oxidation sites excluding steroid dienone is 1. The van der Waals surface area contributed by atoms with Gasteiger partial charge in [0.05, 0.1) is 23.5 Å². The molecule has 40 heavy (non-hydrogen) atoms. The standard InChI is InChI=1S/C30H33ClF3N3O3/c1-4-5-9-14-36-21-13-12-17(31)15-20(21)29(2,3)22(36)16-19-25(38)23(26(19)39)24-27(30(32,33)34)35-37(28(24)40)18-10-7-6-8-11-18/h6-8,10-13,15-16,19,23,25-26,35,38-39H,4-5,9,14H2,1-3H3. The fourth-order valence-electron chi connectivity index (χ4n) is 6.10. The third kappa shape index (κ3) is 4.67. The van der Waals surface area contributed by atoms with Crippen LogP contribution < -0.4 is 10.5 Å². The minimum absolute atomic E-state index is 0.220. The van der Waals surface area contributed by atoms with Crippen molar-refractivity contribution in [3.05, 3.63) is 92.5 Å². The van der Waals surface area contributed by atoms with Gasteiger partial charge in [0.25, 0.3) is 5.56 Å². The Balaban J connectivity index is 1.53. The molecule has 1 aromatic heterocycles. The first kappa shape index (κ1) is 28.5. The first-order valence-corrected chi connectivity index (χ1v) is 13.9. The van der Waals surface area contributed by atoms with Gasteiger partial charge in [-0.25, -0.2) is 4.68 Å². The number of fused-ring (bicyclic) bond motifs is 1. The van der Waals surface area contributed by atoms with Gasteiger partial charge in [0.2, 0.25) is 0 Å². The molecule has 0 spiro atoms. The Kier molecular flexibility index (Phi) is 7.44. The van der Waals surface area contributed by atoms with Crippen molar-refractivity contribution in [3.8, 4) is 5.69 Å². The van der Waals surface area contributed by atoms with Crippen molar-refractivity contribution in [3.63, 3.8) is 0 Å². The lowest BCUT2D eigenvalue weighted by Gasteiger charge is -2.46. The number of hydrogen-bond acceptors (Lipinski definition) is 4. The Hall–Kier alpha value is -3.01. The van der Waals surface area contributed by atoms with Crippen LogP contribution in [-0.2, 0) is 11.6 Å². The molecule has 6 nitrogen and oxygen atoms in total. The first-order valence-electron chi connectivity index (χ1n) is 13.5. The maximum Gasteiger partial charge on any atom is 0.433 e. The average Bonchev–Trinajstić information content (AvgIpc) is 3.34. The fourth-order valence-corrected chi connectivity index (χ4v) is 6.27. The van der Waals surface area contributed by atoms with E-state index in [0.29, 0.717) is 11.6 Å². The van der Waals surface area contributed by atoms with Gasteiger partial charge in [-0.1, -0.05) is 69.5 Å². The number of aliphatic hydroxyl groups is 2. The number of rotatable bonds is 7. The van der Waals surface area contributed by atoms with E-state index in [1.54, 1.807) is 24.3 Å². The third-order valence-electron chi connectivity index (χ3n) is 8.27. The van der Waals surface area contributed by atoms with Crippen LogP contribution in [0.1, 0.15) is 62.8 Å². The first-order chi connectivity index (χ1) is 18.9. The number of anilines is 1. The molecule has 2 heterocycles. The quantitative estimate of drug-likeness (QED) is 0.295. The molecule has 5 rings (SSSR count). The van der Waals surface area contributed by atoms with Crippen molar-refractivity contribution in [2.45, 2.75) is 69.8 Å². The monoisotopic (exact) mass is 575 g/mol. The van der Waals surface area contributed by atoms with Crippen LogP contribution in [0.3, 0.4) is 0 Å². The van der Waals surface area contributed by atoms with Gasteiger partial charge >= 0.3 is 6.18 Å². The van der Waals surface area contributed by atoms with E-state index in [1.807, 2.05) is 32.0 Å². The maximum absolute atomic E-state index is 14.1. The van der Waals surface area contributed by atoms with Crippen LogP contribution in [0, 0.1) is 5.92 Å². The average molecular weight is 576 g/mol. The highest BCUT2D eigenvalue weighted by molar-refractivity contribution is 6.30. The number of aliphatic hydroxyl groups excluding tert-OH is 2. The molecule has 2 aromatic carbocycles.